The van der Waals surface area contributed by atoms with E-state index in [1.807, 2.05) is 0 Å². The van der Waals surface area contributed by atoms with E-state index in [-0.39, 0.29) is 36.2 Å². The molecule has 0 amide bonds. The van der Waals surface area contributed by atoms with E-state index in [1.54, 1.807) is 30.3 Å². The fourth-order valence-electron chi connectivity index (χ4n) is 2.17. The number of hydrogen-bond acceptors (Lipinski definition) is 8. The maximum atomic E-state index is 12.1. The van der Waals surface area contributed by atoms with Crippen molar-refractivity contribution in [3.8, 4) is 0 Å². The Bertz CT molecular complexity index is 597. The predicted octanol–water partition coefficient (Wildman–Crippen LogP) is -4.80. The van der Waals surface area contributed by atoms with Crippen molar-refractivity contribution in [3.05, 3.63) is 35.9 Å². The predicted molar refractivity (Wildman–Crippen MR) is 73.2 cm³/mol. The van der Waals surface area contributed by atoms with Crippen LogP contribution in [0, 0.1) is 0 Å². The van der Waals surface area contributed by atoms with Gasteiger partial charge in [-0.3, -0.25) is 4.55 Å². The van der Waals surface area contributed by atoms with Crippen molar-refractivity contribution in [2.75, 3.05) is 6.61 Å². The SMILES string of the molecule is O=S(=O)(O)OC1C(OCc2ccccc2)OC(CO)C(O)C1[O-].[Na+]. The van der Waals surface area contributed by atoms with Crippen LogP contribution in [0.3, 0.4) is 0 Å². The molecule has 1 fully saturated rings. The van der Waals surface area contributed by atoms with E-state index in [2.05, 4.69) is 4.18 Å². The second kappa shape index (κ2) is 9.55. The maximum Gasteiger partial charge on any atom is 1.00 e. The molecule has 1 aromatic carbocycles. The summed E-state index contributed by atoms with van der Waals surface area (Å²) in [5.74, 6) is 0. The van der Waals surface area contributed by atoms with Crippen LogP contribution in [0.1, 0.15) is 5.56 Å². The monoisotopic (exact) mass is 372 g/mol. The van der Waals surface area contributed by atoms with Crippen LogP contribution < -0.4 is 34.7 Å². The van der Waals surface area contributed by atoms with Crippen molar-refractivity contribution in [2.45, 2.75) is 37.3 Å². The first-order chi connectivity index (χ1) is 10.8. The first kappa shape index (κ1) is 21.9. The average molecular weight is 372 g/mol. The number of benzene rings is 1. The normalized spacial score (nSPS) is 30.6. The number of ether oxygens (including phenoxy) is 2. The summed E-state index contributed by atoms with van der Waals surface area (Å²) in [6.07, 6.45) is -8.25. The molecule has 1 aliphatic rings. The van der Waals surface area contributed by atoms with E-state index in [9.17, 15) is 18.6 Å². The number of rotatable bonds is 6. The molecule has 1 aromatic rings. The molecule has 1 saturated heterocycles. The molecule has 0 aliphatic carbocycles. The standard InChI is InChI=1S/C13H17O9S.Na/c14-6-9-10(15)11(16)12(22-23(17,18)19)13(21-9)20-7-8-4-2-1-3-5-8;/h1-5,9-15H,6-7H2,(H,17,18,19);/q-1;+1. The van der Waals surface area contributed by atoms with Crippen LogP contribution in [-0.4, -0.2) is 60.5 Å². The summed E-state index contributed by atoms with van der Waals surface area (Å²) in [6, 6.07) is 8.76. The quantitative estimate of drug-likeness (QED) is 0.331. The van der Waals surface area contributed by atoms with Gasteiger partial charge in [-0.25, -0.2) is 4.18 Å². The van der Waals surface area contributed by atoms with Gasteiger partial charge in [0.2, 0.25) is 0 Å². The minimum absolute atomic E-state index is 0. The smallest absolute Gasteiger partial charge is 0.848 e. The van der Waals surface area contributed by atoms with E-state index in [4.69, 9.17) is 19.1 Å². The largest absolute Gasteiger partial charge is 1.00 e. The first-order valence-electron chi connectivity index (χ1n) is 6.73. The van der Waals surface area contributed by atoms with E-state index in [0.717, 1.165) is 5.56 Å². The van der Waals surface area contributed by atoms with Crippen LogP contribution in [-0.2, 0) is 30.7 Å². The Labute approximate surface area is 161 Å². The molecule has 0 radical (unpaired) electrons. The van der Waals surface area contributed by atoms with Gasteiger partial charge in [0.15, 0.2) is 6.29 Å². The van der Waals surface area contributed by atoms with Crippen LogP contribution in [0.25, 0.3) is 0 Å². The van der Waals surface area contributed by atoms with Crippen LogP contribution in [0.2, 0.25) is 0 Å². The number of hydrogen-bond donors (Lipinski definition) is 3. The molecule has 11 heteroatoms. The molecule has 130 valence electrons. The Morgan fingerprint density at radius 1 is 1.25 bits per heavy atom. The first-order valence-corrected chi connectivity index (χ1v) is 8.10. The summed E-state index contributed by atoms with van der Waals surface area (Å²) in [6.45, 7) is -0.693. The molecule has 1 heterocycles. The van der Waals surface area contributed by atoms with Gasteiger partial charge < -0.3 is 24.8 Å². The van der Waals surface area contributed by atoms with Gasteiger partial charge in [-0.05, 0) is 5.56 Å². The van der Waals surface area contributed by atoms with Crippen LogP contribution in [0.4, 0.5) is 0 Å². The summed E-state index contributed by atoms with van der Waals surface area (Å²) >= 11 is 0. The van der Waals surface area contributed by atoms with Gasteiger partial charge in [0.05, 0.1) is 19.3 Å². The van der Waals surface area contributed by atoms with Gasteiger partial charge in [-0.2, -0.15) is 8.42 Å². The molecule has 5 unspecified atom stereocenters. The minimum atomic E-state index is -4.95. The zero-order valence-corrected chi connectivity index (χ0v) is 15.7. The molecule has 9 nitrogen and oxygen atoms in total. The molecular formula is C13H17NaO9S. The zero-order chi connectivity index (χ0) is 17.0. The molecule has 0 saturated carbocycles. The molecule has 3 N–H and O–H groups in total. The number of aliphatic hydroxyl groups is 2. The zero-order valence-electron chi connectivity index (χ0n) is 12.9. The van der Waals surface area contributed by atoms with Gasteiger partial charge in [0.1, 0.15) is 12.2 Å². The molecule has 24 heavy (non-hydrogen) atoms. The molecule has 2 rings (SSSR count). The van der Waals surface area contributed by atoms with Gasteiger partial charge in [-0.1, -0.05) is 36.4 Å². The third kappa shape index (κ3) is 6.00. The van der Waals surface area contributed by atoms with Crippen molar-refractivity contribution >= 4 is 10.4 Å². The van der Waals surface area contributed by atoms with E-state index in [1.165, 1.54) is 0 Å². The van der Waals surface area contributed by atoms with Gasteiger partial charge in [-0.15, -0.1) is 0 Å². The van der Waals surface area contributed by atoms with Gasteiger partial charge >= 0.3 is 40.0 Å². The second-order valence-electron chi connectivity index (χ2n) is 4.97. The second-order valence-corrected chi connectivity index (χ2v) is 6.01. The van der Waals surface area contributed by atoms with E-state index in [0.29, 0.717) is 0 Å². The van der Waals surface area contributed by atoms with Crippen molar-refractivity contribution in [1.29, 1.82) is 0 Å². The molecular weight excluding hydrogens is 355 g/mol. The van der Waals surface area contributed by atoms with Gasteiger partial charge in [0, 0.05) is 0 Å². The Balaban J connectivity index is 0.00000288. The Kier molecular flexibility index (Phi) is 8.73. The Morgan fingerprint density at radius 2 is 1.88 bits per heavy atom. The van der Waals surface area contributed by atoms with Crippen LogP contribution >= 0.6 is 0 Å². The van der Waals surface area contributed by atoms with Gasteiger partial charge in [0.25, 0.3) is 0 Å². The average Bonchev–Trinajstić information content (AvgIpc) is 2.51. The molecule has 5 atom stereocenters. The summed E-state index contributed by atoms with van der Waals surface area (Å²) in [5.41, 5.74) is 0.718. The molecule has 0 bridgehead atoms. The third-order valence-electron chi connectivity index (χ3n) is 3.29. The number of aliphatic hydroxyl groups excluding tert-OH is 2. The summed E-state index contributed by atoms with van der Waals surface area (Å²) in [7, 11) is -4.95. The summed E-state index contributed by atoms with van der Waals surface area (Å²) in [4.78, 5) is 0. The van der Waals surface area contributed by atoms with Crippen molar-refractivity contribution in [3.63, 3.8) is 0 Å². The van der Waals surface area contributed by atoms with E-state index < -0.39 is 47.7 Å². The molecule has 0 spiro atoms. The molecule has 0 aromatic heterocycles. The summed E-state index contributed by atoms with van der Waals surface area (Å²) in [5, 5.41) is 30.9. The maximum absolute atomic E-state index is 12.1. The Morgan fingerprint density at radius 3 is 2.42 bits per heavy atom. The van der Waals surface area contributed by atoms with Crippen molar-refractivity contribution in [2.24, 2.45) is 0 Å². The minimum Gasteiger partial charge on any atom is -0.848 e. The fourth-order valence-corrected chi connectivity index (χ4v) is 2.65. The van der Waals surface area contributed by atoms with Crippen LogP contribution in [0.15, 0.2) is 30.3 Å². The van der Waals surface area contributed by atoms with E-state index >= 15 is 0 Å². The summed E-state index contributed by atoms with van der Waals surface area (Å²) < 4.78 is 45.3. The molecule has 1 aliphatic heterocycles. The van der Waals surface area contributed by atoms with Crippen molar-refractivity contribution < 1.29 is 71.5 Å². The van der Waals surface area contributed by atoms with Crippen molar-refractivity contribution in [1.82, 2.24) is 0 Å². The Hall–Kier alpha value is -0.110. The fraction of sp³-hybridized carbons (Fsp3) is 0.538. The third-order valence-corrected chi connectivity index (χ3v) is 3.75. The topological polar surface area (TPSA) is 146 Å². The van der Waals surface area contributed by atoms with Crippen LogP contribution in [0.5, 0.6) is 0 Å².